The average Bonchev–Trinajstić information content (AvgIpc) is 2.73. The smallest absolute Gasteiger partial charge is 0.267 e. The molecule has 4 nitrogen and oxygen atoms in total. The summed E-state index contributed by atoms with van der Waals surface area (Å²) in [5, 5.41) is 15.6. The maximum Gasteiger partial charge on any atom is 0.267 e. The minimum Gasteiger partial charge on any atom is -0.383 e. The second kappa shape index (κ2) is 9.93. The first-order chi connectivity index (χ1) is 14.0. The zero-order valence-electron chi connectivity index (χ0n) is 16.9. The SMILES string of the molecule is CCC(N/C=C(/C#N)C(=O)Nc1ccc(I)cc1C)c1ccc2c(c1)CCCC2. The molecule has 1 unspecified atom stereocenters. The standard InChI is InChI=1S/C24H26IN3O/c1-3-22(19-9-8-17-6-4-5-7-18(17)13-19)27-15-20(14-26)24(29)28-23-11-10-21(25)12-16(23)2/h8-13,15,22,27H,3-7H2,1-2H3,(H,28,29)/b20-15-. The highest BCUT2D eigenvalue weighted by atomic mass is 127. The Morgan fingerprint density at radius 1 is 1.21 bits per heavy atom. The fourth-order valence-corrected chi connectivity index (χ4v) is 4.36. The van der Waals surface area contributed by atoms with Gasteiger partial charge in [0.1, 0.15) is 11.6 Å². The van der Waals surface area contributed by atoms with E-state index in [0.717, 1.165) is 34.1 Å². The van der Waals surface area contributed by atoms with Gasteiger partial charge in [0.05, 0.1) is 6.04 Å². The van der Waals surface area contributed by atoms with Crippen LogP contribution in [0.1, 0.15) is 54.5 Å². The summed E-state index contributed by atoms with van der Waals surface area (Å²) in [6, 6.07) is 14.6. The Morgan fingerprint density at radius 2 is 1.97 bits per heavy atom. The number of nitrogens with zero attached hydrogens (tertiary/aromatic N) is 1. The van der Waals surface area contributed by atoms with E-state index in [1.54, 1.807) is 6.20 Å². The van der Waals surface area contributed by atoms with Crippen molar-refractivity contribution in [3.8, 4) is 6.07 Å². The van der Waals surface area contributed by atoms with Gasteiger partial charge in [0, 0.05) is 15.5 Å². The quantitative estimate of drug-likeness (QED) is 0.311. The van der Waals surface area contributed by atoms with Crippen LogP contribution in [-0.4, -0.2) is 5.91 Å². The zero-order chi connectivity index (χ0) is 20.8. The van der Waals surface area contributed by atoms with E-state index in [4.69, 9.17) is 0 Å². The molecule has 0 saturated carbocycles. The first-order valence-electron chi connectivity index (χ1n) is 10.1. The van der Waals surface area contributed by atoms with Crippen molar-refractivity contribution in [3.05, 3.63) is 74.0 Å². The van der Waals surface area contributed by atoms with E-state index in [1.165, 1.54) is 29.5 Å². The third kappa shape index (κ3) is 5.39. The minimum atomic E-state index is -0.399. The molecule has 2 aromatic rings. The number of hydrogen-bond acceptors (Lipinski definition) is 3. The molecule has 0 aromatic heterocycles. The van der Waals surface area contributed by atoms with Crippen LogP contribution in [0.3, 0.4) is 0 Å². The van der Waals surface area contributed by atoms with Gasteiger partial charge in [-0.3, -0.25) is 4.79 Å². The van der Waals surface area contributed by atoms with Gasteiger partial charge in [0.15, 0.2) is 0 Å². The van der Waals surface area contributed by atoms with Crippen LogP contribution in [0.2, 0.25) is 0 Å². The number of nitriles is 1. The van der Waals surface area contributed by atoms with Crippen molar-refractivity contribution < 1.29 is 4.79 Å². The van der Waals surface area contributed by atoms with Crippen molar-refractivity contribution in [1.29, 1.82) is 5.26 Å². The average molecular weight is 499 g/mol. The van der Waals surface area contributed by atoms with E-state index in [9.17, 15) is 10.1 Å². The topological polar surface area (TPSA) is 64.9 Å². The van der Waals surface area contributed by atoms with Crippen molar-refractivity contribution >= 4 is 34.2 Å². The summed E-state index contributed by atoms with van der Waals surface area (Å²) in [5.74, 6) is -0.399. The molecule has 29 heavy (non-hydrogen) atoms. The molecule has 0 saturated heterocycles. The number of fused-ring (bicyclic) bond motifs is 1. The third-order valence-electron chi connectivity index (χ3n) is 5.41. The van der Waals surface area contributed by atoms with Crippen molar-refractivity contribution in [1.82, 2.24) is 5.32 Å². The van der Waals surface area contributed by atoms with Crippen molar-refractivity contribution in [2.24, 2.45) is 0 Å². The van der Waals surface area contributed by atoms with Crippen LogP contribution in [0.15, 0.2) is 48.2 Å². The number of nitrogens with one attached hydrogen (secondary N) is 2. The van der Waals surface area contributed by atoms with E-state index in [2.05, 4.69) is 58.3 Å². The van der Waals surface area contributed by atoms with Gasteiger partial charge in [-0.2, -0.15) is 5.26 Å². The highest BCUT2D eigenvalue weighted by Gasteiger charge is 2.15. The Labute approximate surface area is 186 Å². The molecule has 1 aliphatic carbocycles. The molecule has 2 N–H and O–H groups in total. The lowest BCUT2D eigenvalue weighted by Gasteiger charge is -2.21. The van der Waals surface area contributed by atoms with Gasteiger partial charge in [0.2, 0.25) is 0 Å². The number of amides is 1. The van der Waals surface area contributed by atoms with Crippen LogP contribution in [0.4, 0.5) is 5.69 Å². The molecule has 5 heteroatoms. The number of aryl methyl sites for hydroxylation is 3. The second-order valence-electron chi connectivity index (χ2n) is 7.45. The first-order valence-corrected chi connectivity index (χ1v) is 11.1. The summed E-state index contributed by atoms with van der Waals surface area (Å²) >= 11 is 2.23. The summed E-state index contributed by atoms with van der Waals surface area (Å²) in [7, 11) is 0. The van der Waals surface area contributed by atoms with Gasteiger partial charge in [0.25, 0.3) is 5.91 Å². The number of rotatable bonds is 6. The molecule has 3 rings (SSSR count). The fraction of sp³-hybridized carbons (Fsp3) is 0.333. The highest BCUT2D eigenvalue weighted by Crippen LogP contribution is 2.26. The largest absolute Gasteiger partial charge is 0.383 e. The van der Waals surface area contributed by atoms with E-state index in [1.807, 2.05) is 31.2 Å². The van der Waals surface area contributed by atoms with Crippen LogP contribution in [0.25, 0.3) is 0 Å². The molecule has 0 heterocycles. The minimum absolute atomic E-state index is 0.0680. The van der Waals surface area contributed by atoms with Gasteiger partial charge in [-0.1, -0.05) is 25.1 Å². The Balaban J connectivity index is 1.72. The Hall–Kier alpha value is -2.33. The van der Waals surface area contributed by atoms with Gasteiger partial charge in [-0.25, -0.2) is 0 Å². The van der Waals surface area contributed by atoms with Crippen molar-refractivity contribution in [3.63, 3.8) is 0 Å². The van der Waals surface area contributed by atoms with Crippen molar-refractivity contribution in [2.75, 3.05) is 5.32 Å². The molecule has 1 amide bonds. The molecule has 0 aliphatic heterocycles. The number of hydrogen-bond donors (Lipinski definition) is 2. The maximum absolute atomic E-state index is 12.6. The van der Waals surface area contributed by atoms with Crippen LogP contribution in [-0.2, 0) is 17.6 Å². The summed E-state index contributed by atoms with van der Waals surface area (Å²) in [6.07, 6.45) is 7.23. The lowest BCUT2D eigenvalue weighted by atomic mass is 9.89. The molecule has 0 bridgehead atoms. The Morgan fingerprint density at radius 3 is 2.66 bits per heavy atom. The van der Waals surface area contributed by atoms with E-state index < -0.39 is 5.91 Å². The van der Waals surface area contributed by atoms with Crippen LogP contribution >= 0.6 is 22.6 Å². The van der Waals surface area contributed by atoms with Gasteiger partial charge in [-0.05, 0) is 102 Å². The summed E-state index contributed by atoms with van der Waals surface area (Å²) in [6.45, 7) is 4.04. The molecule has 0 fully saturated rings. The lowest BCUT2D eigenvalue weighted by molar-refractivity contribution is -0.112. The highest BCUT2D eigenvalue weighted by molar-refractivity contribution is 14.1. The van der Waals surface area contributed by atoms with Crippen molar-refractivity contribution in [2.45, 2.75) is 52.0 Å². The number of halogens is 1. The number of carbonyl (C=O) groups excluding carboxylic acids is 1. The molecule has 2 aromatic carbocycles. The molecule has 0 radical (unpaired) electrons. The van der Waals surface area contributed by atoms with E-state index >= 15 is 0 Å². The number of anilines is 1. The monoisotopic (exact) mass is 499 g/mol. The lowest BCUT2D eigenvalue weighted by Crippen LogP contribution is -2.20. The van der Waals surface area contributed by atoms with Crippen LogP contribution in [0.5, 0.6) is 0 Å². The predicted molar refractivity (Wildman–Crippen MR) is 125 cm³/mol. The van der Waals surface area contributed by atoms with E-state index in [0.29, 0.717) is 0 Å². The predicted octanol–water partition coefficient (Wildman–Crippen LogP) is 5.57. The Kier molecular flexibility index (Phi) is 7.32. The summed E-state index contributed by atoms with van der Waals surface area (Å²) in [5.41, 5.74) is 5.85. The second-order valence-corrected chi connectivity index (χ2v) is 8.69. The molecule has 1 atom stereocenters. The number of benzene rings is 2. The molecule has 0 spiro atoms. The zero-order valence-corrected chi connectivity index (χ0v) is 19.0. The molecular weight excluding hydrogens is 473 g/mol. The summed E-state index contributed by atoms with van der Waals surface area (Å²) < 4.78 is 1.10. The van der Waals surface area contributed by atoms with Crippen LogP contribution < -0.4 is 10.6 Å². The first kappa shape index (κ1) is 21.4. The van der Waals surface area contributed by atoms with Gasteiger partial charge in [-0.15, -0.1) is 0 Å². The van der Waals surface area contributed by atoms with Gasteiger partial charge < -0.3 is 10.6 Å². The third-order valence-corrected chi connectivity index (χ3v) is 6.08. The molecular formula is C24H26IN3O. The van der Waals surface area contributed by atoms with E-state index in [-0.39, 0.29) is 11.6 Å². The van der Waals surface area contributed by atoms with Crippen LogP contribution in [0, 0.1) is 21.8 Å². The molecule has 150 valence electrons. The fourth-order valence-electron chi connectivity index (χ4n) is 3.71. The normalized spacial score (nSPS) is 14.5. The number of carbonyl (C=O) groups is 1. The Bertz CT molecular complexity index is 975. The summed E-state index contributed by atoms with van der Waals surface area (Å²) in [4.78, 5) is 12.6. The molecule has 1 aliphatic rings. The maximum atomic E-state index is 12.6. The van der Waals surface area contributed by atoms with Gasteiger partial charge >= 0.3 is 0 Å².